The van der Waals surface area contributed by atoms with Crippen molar-refractivity contribution in [2.24, 2.45) is 0 Å². The molecule has 1 aromatic rings. The van der Waals surface area contributed by atoms with Crippen LogP contribution in [0.4, 0.5) is 0 Å². The van der Waals surface area contributed by atoms with Crippen molar-refractivity contribution in [3.8, 4) is 0 Å². The second-order valence-electron chi connectivity index (χ2n) is 3.44. The van der Waals surface area contributed by atoms with Crippen molar-refractivity contribution in [3.63, 3.8) is 0 Å². The van der Waals surface area contributed by atoms with Gasteiger partial charge in [-0.25, -0.2) is 0 Å². The molecular formula is C12H16ClNO2. The van der Waals surface area contributed by atoms with Gasteiger partial charge in [0.25, 0.3) is 5.91 Å². The summed E-state index contributed by atoms with van der Waals surface area (Å²) in [5.41, 5.74) is 1.54. The Balaban J connectivity index is 2.85. The summed E-state index contributed by atoms with van der Waals surface area (Å²) in [4.78, 5) is 13.6. The molecule has 0 aliphatic heterocycles. The number of hydrogen-bond acceptors (Lipinski definition) is 2. The predicted octanol–water partition coefficient (Wildman–Crippen LogP) is 1.88. The summed E-state index contributed by atoms with van der Waals surface area (Å²) in [7, 11) is 0. The molecule has 0 atom stereocenters. The molecule has 0 aliphatic carbocycles. The molecule has 0 saturated carbocycles. The zero-order chi connectivity index (χ0) is 12.0. The summed E-state index contributed by atoms with van der Waals surface area (Å²) in [6, 6.07) is 7.25. The van der Waals surface area contributed by atoms with Crippen LogP contribution in [0.5, 0.6) is 0 Å². The summed E-state index contributed by atoms with van der Waals surface area (Å²) >= 11 is 5.71. The monoisotopic (exact) mass is 241 g/mol. The number of nitrogens with zero attached hydrogens (tertiary/aromatic N) is 1. The first-order chi connectivity index (χ1) is 7.72. The number of alkyl halides is 1. The summed E-state index contributed by atoms with van der Waals surface area (Å²) in [5, 5.41) is 8.85. The molecule has 0 radical (unpaired) electrons. The van der Waals surface area contributed by atoms with Crippen molar-refractivity contribution >= 4 is 17.5 Å². The fourth-order valence-corrected chi connectivity index (χ4v) is 1.66. The predicted molar refractivity (Wildman–Crippen MR) is 64.7 cm³/mol. The summed E-state index contributed by atoms with van der Waals surface area (Å²) in [6.45, 7) is 2.82. The average molecular weight is 242 g/mol. The van der Waals surface area contributed by atoms with Crippen LogP contribution in [0.15, 0.2) is 24.3 Å². The fraction of sp³-hybridized carbons (Fsp3) is 0.417. The van der Waals surface area contributed by atoms with Crippen molar-refractivity contribution in [1.29, 1.82) is 0 Å². The third-order valence-corrected chi connectivity index (χ3v) is 2.68. The normalized spacial score (nSPS) is 10.2. The highest BCUT2D eigenvalue weighted by atomic mass is 35.5. The third-order valence-electron chi connectivity index (χ3n) is 2.37. The second kappa shape index (κ2) is 6.51. The lowest BCUT2D eigenvalue weighted by Crippen LogP contribution is -2.33. The molecule has 0 bridgehead atoms. The van der Waals surface area contributed by atoms with Crippen LogP contribution in [-0.4, -0.2) is 35.6 Å². The smallest absolute Gasteiger partial charge is 0.253 e. The van der Waals surface area contributed by atoms with Crippen LogP contribution in [0.3, 0.4) is 0 Å². The molecule has 16 heavy (non-hydrogen) atoms. The molecule has 0 aliphatic rings. The molecule has 1 N–H and O–H groups in total. The van der Waals surface area contributed by atoms with E-state index in [0.717, 1.165) is 5.56 Å². The molecule has 1 rings (SSSR count). The van der Waals surface area contributed by atoms with Gasteiger partial charge >= 0.3 is 0 Å². The van der Waals surface area contributed by atoms with Crippen LogP contribution >= 0.6 is 11.6 Å². The van der Waals surface area contributed by atoms with Crippen molar-refractivity contribution in [3.05, 3.63) is 35.4 Å². The van der Waals surface area contributed by atoms with Crippen molar-refractivity contribution in [2.75, 3.05) is 19.7 Å². The van der Waals surface area contributed by atoms with E-state index >= 15 is 0 Å². The van der Waals surface area contributed by atoms with E-state index in [4.69, 9.17) is 16.7 Å². The highest BCUT2D eigenvalue weighted by Crippen LogP contribution is 2.10. The number of halogens is 1. The molecule has 1 aromatic carbocycles. The average Bonchev–Trinajstić information content (AvgIpc) is 2.35. The van der Waals surface area contributed by atoms with Gasteiger partial charge < -0.3 is 10.0 Å². The molecule has 3 nitrogen and oxygen atoms in total. The Kier molecular flexibility index (Phi) is 5.29. The van der Waals surface area contributed by atoms with E-state index < -0.39 is 0 Å². The van der Waals surface area contributed by atoms with E-state index in [1.54, 1.807) is 17.0 Å². The Hall–Kier alpha value is -1.06. The maximum Gasteiger partial charge on any atom is 0.253 e. The number of aliphatic hydroxyl groups excluding tert-OH is 1. The Labute approximate surface area is 101 Å². The number of aliphatic hydroxyl groups is 1. The van der Waals surface area contributed by atoms with Crippen molar-refractivity contribution in [2.45, 2.75) is 12.8 Å². The summed E-state index contributed by atoms with van der Waals surface area (Å²) < 4.78 is 0. The van der Waals surface area contributed by atoms with Crippen LogP contribution in [0.1, 0.15) is 22.8 Å². The Morgan fingerprint density at radius 3 is 2.81 bits per heavy atom. The Bertz CT molecular complexity index is 355. The molecule has 88 valence electrons. The zero-order valence-corrected chi connectivity index (χ0v) is 10.1. The van der Waals surface area contributed by atoms with Crippen LogP contribution in [-0.2, 0) is 5.88 Å². The maximum atomic E-state index is 12.0. The van der Waals surface area contributed by atoms with Gasteiger partial charge in [0.05, 0.1) is 6.61 Å². The van der Waals surface area contributed by atoms with Crippen LogP contribution in [0.2, 0.25) is 0 Å². The quantitative estimate of drug-likeness (QED) is 0.800. The van der Waals surface area contributed by atoms with Gasteiger partial charge in [-0.15, -0.1) is 11.6 Å². The number of likely N-dealkylation sites (N-methyl/N-ethyl adjacent to an activating group) is 1. The lowest BCUT2D eigenvalue weighted by atomic mass is 10.1. The van der Waals surface area contributed by atoms with Crippen molar-refractivity contribution < 1.29 is 9.90 Å². The first-order valence-corrected chi connectivity index (χ1v) is 5.81. The van der Waals surface area contributed by atoms with Gasteiger partial charge in [0.1, 0.15) is 0 Å². The van der Waals surface area contributed by atoms with E-state index in [9.17, 15) is 4.79 Å². The minimum atomic E-state index is -0.0662. The number of rotatable bonds is 5. The Morgan fingerprint density at radius 2 is 2.25 bits per heavy atom. The second-order valence-corrected chi connectivity index (χ2v) is 3.71. The highest BCUT2D eigenvalue weighted by Gasteiger charge is 2.13. The molecule has 0 saturated heterocycles. The van der Waals surface area contributed by atoms with E-state index in [1.807, 2.05) is 19.1 Å². The largest absolute Gasteiger partial charge is 0.395 e. The van der Waals surface area contributed by atoms with Crippen molar-refractivity contribution in [1.82, 2.24) is 4.90 Å². The van der Waals surface area contributed by atoms with Gasteiger partial charge in [-0.1, -0.05) is 12.1 Å². The molecule has 0 aromatic heterocycles. The fourth-order valence-electron chi connectivity index (χ4n) is 1.49. The van der Waals surface area contributed by atoms with Gasteiger partial charge in [0.2, 0.25) is 0 Å². The standard InChI is InChI=1S/C12H16ClNO2/c1-2-14(6-7-15)12(16)11-5-3-4-10(8-11)9-13/h3-5,8,15H,2,6-7,9H2,1H3. The number of benzene rings is 1. The minimum Gasteiger partial charge on any atom is -0.395 e. The number of amides is 1. The molecule has 0 spiro atoms. The van der Waals surface area contributed by atoms with E-state index in [1.165, 1.54) is 0 Å². The molecular weight excluding hydrogens is 226 g/mol. The van der Waals surface area contributed by atoms with Gasteiger partial charge in [0, 0.05) is 24.5 Å². The molecule has 4 heteroatoms. The van der Waals surface area contributed by atoms with Crippen LogP contribution in [0.25, 0.3) is 0 Å². The molecule has 0 fully saturated rings. The summed E-state index contributed by atoms with van der Waals surface area (Å²) in [5.74, 6) is 0.330. The van der Waals surface area contributed by atoms with Gasteiger partial charge in [-0.2, -0.15) is 0 Å². The maximum absolute atomic E-state index is 12.0. The molecule has 0 unspecified atom stereocenters. The van der Waals surface area contributed by atoms with Crippen LogP contribution in [0, 0.1) is 0 Å². The van der Waals surface area contributed by atoms with Gasteiger partial charge in [-0.05, 0) is 24.6 Å². The number of carbonyl (C=O) groups excluding carboxylic acids is 1. The SMILES string of the molecule is CCN(CCO)C(=O)c1cccc(CCl)c1. The number of hydrogen-bond donors (Lipinski definition) is 1. The summed E-state index contributed by atoms with van der Waals surface area (Å²) in [6.07, 6.45) is 0. The highest BCUT2D eigenvalue weighted by molar-refractivity contribution is 6.17. The number of carbonyl (C=O) groups is 1. The van der Waals surface area contributed by atoms with E-state index in [0.29, 0.717) is 24.5 Å². The third kappa shape index (κ3) is 3.22. The topological polar surface area (TPSA) is 40.5 Å². The molecule has 1 amide bonds. The molecule has 0 heterocycles. The lowest BCUT2D eigenvalue weighted by Gasteiger charge is -2.19. The van der Waals surface area contributed by atoms with Gasteiger partial charge in [0.15, 0.2) is 0 Å². The van der Waals surface area contributed by atoms with E-state index in [-0.39, 0.29) is 12.5 Å². The Morgan fingerprint density at radius 1 is 1.50 bits per heavy atom. The minimum absolute atomic E-state index is 0.0191. The lowest BCUT2D eigenvalue weighted by molar-refractivity contribution is 0.0732. The van der Waals surface area contributed by atoms with E-state index in [2.05, 4.69) is 0 Å². The van der Waals surface area contributed by atoms with Gasteiger partial charge in [-0.3, -0.25) is 4.79 Å². The first kappa shape index (κ1) is 13.0. The van der Waals surface area contributed by atoms with Crippen LogP contribution < -0.4 is 0 Å². The zero-order valence-electron chi connectivity index (χ0n) is 9.32. The first-order valence-electron chi connectivity index (χ1n) is 5.28.